The number of hydrogen-bond donors (Lipinski definition) is 1. The molecule has 0 aliphatic carbocycles. The second-order valence-corrected chi connectivity index (χ2v) is 13.3. The van der Waals surface area contributed by atoms with E-state index in [1.165, 1.54) is 21.5 Å². The summed E-state index contributed by atoms with van der Waals surface area (Å²) in [5, 5.41) is -0.142. The highest BCUT2D eigenvalue weighted by atomic mass is 32.2. The highest BCUT2D eigenvalue weighted by Gasteiger charge is 2.43. The molecule has 2 atom stereocenters. The molecule has 2 amide bonds. The maximum absolute atomic E-state index is 13.5. The van der Waals surface area contributed by atoms with Crippen LogP contribution in [0.25, 0.3) is 0 Å². The molecule has 0 bridgehead atoms. The number of sulfone groups is 1. The molecule has 0 aromatic carbocycles. The Bertz CT molecular complexity index is 1140. The van der Waals surface area contributed by atoms with Gasteiger partial charge in [-0.05, 0) is 37.0 Å². The van der Waals surface area contributed by atoms with Gasteiger partial charge in [-0.1, -0.05) is 0 Å². The van der Waals surface area contributed by atoms with Crippen molar-refractivity contribution < 1.29 is 26.4 Å². The van der Waals surface area contributed by atoms with Gasteiger partial charge in [-0.15, -0.1) is 0 Å². The molecule has 1 aromatic heterocycles. The molecule has 3 aliphatic rings. The molecule has 3 saturated heterocycles. The molecule has 4 rings (SSSR count). The first-order valence-electron chi connectivity index (χ1n) is 11.5. The minimum atomic E-state index is -4.04. The molecule has 0 radical (unpaired) electrons. The fraction of sp³-hybridized carbons (Fsp3) is 0.667. The van der Waals surface area contributed by atoms with Gasteiger partial charge in [0.05, 0.1) is 17.4 Å². The van der Waals surface area contributed by atoms with E-state index in [0.29, 0.717) is 24.9 Å². The summed E-state index contributed by atoms with van der Waals surface area (Å²) >= 11 is 0. The topological polar surface area (TPSA) is 151 Å². The van der Waals surface area contributed by atoms with Gasteiger partial charge in [-0.25, -0.2) is 21.8 Å². The summed E-state index contributed by atoms with van der Waals surface area (Å²) in [5.41, 5.74) is 6.29. The number of pyridine rings is 1. The van der Waals surface area contributed by atoms with Crippen LogP contribution < -0.4 is 5.73 Å². The first-order chi connectivity index (χ1) is 16.1. The monoisotopic (exact) mass is 513 g/mol. The number of amides is 2. The Hall–Kier alpha value is -2.09. The first-order valence-corrected chi connectivity index (χ1v) is 14.8. The lowest BCUT2D eigenvalue weighted by Gasteiger charge is -2.44. The number of likely N-dealkylation sites (tertiary alicyclic amines) is 1. The third kappa shape index (κ3) is 5.26. The maximum Gasteiger partial charge on any atom is 0.260 e. The molecule has 0 spiro atoms. The predicted molar refractivity (Wildman–Crippen MR) is 124 cm³/mol. The van der Waals surface area contributed by atoms with Crippen LogP contribution in [0, 0.1) is 5.92 Å². The molecule has 2 N–H and O–H groups in total. The number of rotatable bonds is 5. The van der Waals surface area contributed by atoms with E-state index in [1.54, 1.807) is 11.0 Å². The Morgan fingerprint density at radius 3 is 2.56 bits per heavy atom. The summed E-state index contributed by atoms with van der Waals surface area (Å²) in [6.07, 6.45) is 3.77. The second-order valence-electron chi connectivity index (χ2n) is 9.14. The fourth-order valence-corrected chi connectivity index (χ4v) is 7.59. The van der Waals surface area contributed by atoms with E-state index in [4.69, 9.17) is 5.73 Å². The van der Waals surface area contributed by atoms with Crippen molar-refractivity contribution in [2.75, 3.05) is 44.2 Å². The summed E-state index contributed by atoms with van der Waals surface area (Å²) in [4.78, 5) is 33.2. The zero-order valence-corrected chi connectivity index (χ0v) is 20.6. The van der Waals surface area contributed by atoms with Gasteiger partial charge in [-0.2, -0.15) is 4.31 Å². The van der Waals surface area contributed by atoms with E-state index < -0.39 is 31.8 Å². The average Bonchev–Trinajstić information content (AvgIpc) is 2.83. The summed E-state index contributed by atoms with van der Waals surface area (Å²) in [6.45, 7) is 0.921. The van der Waals surface area contributed by atoms with Crippen LogP contribution in [0.1, 0.15) is 31.2 Å². The van der Waals surface area contributed by atoms with Gasteiger partial charge < -0.3 is 15.5 Å². The van der Waals surface area contributed by atoms with Crippen molar-refractivity contribution >= 4 is 31.7 Å². The lowest BCUT2D eigenvalue weighted by atomic mass is 9.92. The second kappa shape index (κ2) is 9.88. The van der Waals surface area contributed by atoms with Crippen LogP contribution in [0.15, 0.2) is 23.4 Å². The summed E-state index contributed by atoms with van der Waals surface area (Å²) in [7, 11) is -7.20. The van der Waals surface area contributed by atoms with Gasteiger partial charge in [0.2, 0.25) is 11.8 Å². The molecule has 13 heteroatoms. The third-order valence-electron chi connectivity index (χ3n) is 6.84. The van der Waals surface area contributed by atoms with Gasteiger partial charge in [-0.3, -0.25) is 9.59 Å². The van der Waals surface area contributed by atoms with E-state index in [9.17, 15) is 26.4 Å². The van der Waals surface area contributed by atoms with E-state index in [2.05, 4.69) is 4.98 Å². The Kier molecular flexibility index (Phi) is 7.27. The zero-order chi connectivity index (χ0) is 24.5. The van der Waals surface area contributed by atoms with Gasteiger partial charge >= 0.3 is 0 Å². The lowest BCUT2D eigenvalue weighted by molar-refractivity contribution is -0.142. The quantitative estimate of drug-likeness (QED) is 0.537. The molecule has 34 heavy (non-hydrogen) atoms. The predicted octanol–water partition coefficient (Wildman–Crippen LogP) is -0.811. The van der Waals surface area contributed by atoms with E-state index in [1.807, 2.05) is 0 Å². The molecule has 0 saturated carbocycles. The summed E-state index contributed by atoms with van der Waals surface area (Å²) in [6, 6.07) is 2.63. The van der Waals surface area contributed by atoms with Crippen molar-refractivity contribution in [2.24, 2.45) is 11.7 Å². The summed E-state index contributed by atoms with van der Waals surface area (Å²) in [5.74, 6) is -1.18. The van der Waals surface area contributed by atoms with Crippen molar-refractivity contribution in [3.8, 4) is 0 Å². The van der Waals surface area contributed by atoms with Crippen LogP contribution in [-0.4, -0.2) is 98.0 Å². The number of carbonyl (C=O) groups is 2. The Labute approximate surface area is 200 Å². The molecule has 11 nitrogen and oxygen atoms in total. The lowest BCUT2D eigenvalue weighted by Crippen LogP contribution is -2.58. The van der Waals surface area contributed by atoms with Crippen LogP contribution in [0.3, 0.4) is 0 Å². The van der Waals surface area contributed by atoms with Gasteiger partial charge in [0.25, 0.3) is 10.0 Å². The van der Waals surface area contributed by atoms with Crippen molar-refractivity contribution in [1.29, 1.82) is 0 Å². The van der Waals surface area contributed by atoms with Crippen molar-refractivity contribution in [3.05, 3.63) is 23.9 Å². The first kappa shape index (κ1) is 25.0. The van der Waals surface area contributed by atoms with Crippen molar-refractivity contribution in [1.82, 2.24) is 19.1 Å². The van der Waals surface area contributed by atoms with Gasteiger partial charge in [0.15, 0.2) is 14.9 Å². The number of aromatic nitrogens is 1. The minimum absolute atomic E-state index is 0.0333. The van der Waals surface area contributed by atoms with Crippen LogP contribution >= 0.6 is 0 Å². The molecule has 1 aromatic rings. The SMILES string of the molecule is NCc1ccnc(S(=O)(=O)N2CC(C(=O)N3CCS(=O)(=O)CC3)CC(N3CCCCC3=O)C2)c1. The molecule has 2 unspecified atom stereocenters. The normalized spacial score (nSPS) is 26.4. The van der Waals surface area contributed by atoms with Gasteiger partial charge in [0, 0.05) is 57.9 Å². The molecule has 3 fully saturated rings. The molecule has 4 heterocycles. The summed E-state index contributed by atoms with van der Waals surface area (Å²) < 4.78 is 51.9. The van der Waals surface area contributed by atoms with E-state index in [0.717, 1.165) is 12.8 Å². The van der Waals surface area contributed by atoms with Gasteiger partial charge in [0.1, 0.15) is 0 Å². The Morgan fingerprint density at radius 1 is 1.15 bits per heavy atom. The van der Waals surface area contributed by atoms with Crippen LogP contribution in [0.2, 0.25) is 0 Å². The van der Waals surface area contributed by atoms with Crippen LogP contribution in [-0.2, 0) is 36.0 Å². The Balaban J connectivity index is 1.61. The molecular formula is C21H31N5O6S2. The minimum Gasteiger partial charge on any atom is -0.340 e. The average molecular weight is 514 g/mol. The fourth-order valence-electron chi connectivity index (χ4n) is 4.89. The standard InChI is InChI=1S/C21H31N5O6S2/c22-13-16-4-5-23-19(11-16)34(31,32)25-14-17(21(28)24-7-9-33(29,30)10-8-24)12-18(15-25)26-6-2-1-3-20(26)27/h4-5,11,17-18H,1-3,6-10,12-15,22H2. The van der Waals surface area contributed by atoms with Crippen molar-refractivity contribution in [3.63, 3.8) is 0 Å². The number of piperidine rings is 2. The number of nitrogens with two attached hydrogens (primary N) is 1. The number of carbonyl (C=O) groups excluding carboxylic acids is 2. The zero-order valence-electron chi connectivity index (χ0n) is 19.0. The number of sulfonamides is 1. The largest absolute Gasteiger partial charge is 0.340 e. The van der Waals surface area contributed by atoms with Crippen LogP contribution in [0.4, 0.5) is 0 Å². The highest BCUT2D eigenvalue weighted by molar-refractivity contribution is 7.91. The Morgan fingerprint density at radius 2 is 1.88 bits per heavy atom. The van der Waals surface area contributed by atoms with E-state index >= 15 is 0 Å². The number of hydrogen-bond acceptors (Lipinski definition) is 8. The molecule has 3 aliphatic heterocycles. The third-order valence-corrected chi connectivity index (χ3v) is 10.2. The highest BCUT2D eigenvalue weighted by Crippen LogP contribution is 2.29. The molecular weight excluding hydrogens is 482 g/mol. The van der Waals surface area contributed by atoms with E-state index in [-0.39, 0.29) is 61.1 Å². The van der Waals surface area contributed by atoms with Crippen molar-refractivity contribution in [2.45, 2.75) is 43.3 Å². The number of nitrogens with zero attached hydrogens (tertiary/aromatic N) is 4. The maximum atomic E-state index is 13.5. The van der Waals surface area contributed by atoms with Crippen LogP contribution in [0.5, 0.6) is 0 Å². The smallest absolute Gasteiger partial charge is 0.260 e. The molecule has 188 valence electrons.